The molecule has 1 fully saturated rings. The number of carbonyl (C=O) groups is 2. The summed E-state index contributed by atoms with van der Waals surface area (Å²) in [6, 6.07) is 1.04. The van der Waals surface area contributed by atoms with Gasteiger partial charge in [0.1, 0.15) is 0 Å². The van der Waals surface area contributed by atoms with E-state index in [2.05, 4.69) is 22.5 Å². The Bertz CT molecular complexity index is 498. The third-order valence-corrected chi connectivity index (χ3v) is 3.48. The fourth-order valence-corrected chi connectivity index (χ4v) is 2.05. The topological polar surface area (TPSA) is 91.3 Å². The molecule has 102 valence electrons. The standard InChI is InChI=1S/C13H17N3O3/c1-13(3-2-4-13)8-15-12(19)16-10-5-9(11(17)18)6-14-7-10/h5-7H,2-4,8H2,1H3,(H,17,18)(H2,15,16,19). The molecule has 1 aromatic rings. The number of anilines is 1. The number of nitrogens with zero attached hydrogens (tertiary/aromatic N) is 1. The fraction of sp³-hybridized carbons (Fsp3) is 0.462. The smallest absolute Gasteiger partial charge is 0.337 e. The van der Waals surface area contributed by atoms with Crippen LogP contribution in [0.15, 0.2) is 18.5 Å². The summed E-state index contributed by atoms with van der Waals surface area (Å²) in [4.78, 5) is 26.2. The lowest BCUT2D eigenvalue weighted by Crippen LogP contribution is -2.41. The molecular formula is C13H17N3O3. The summed E-state index contributed by atoms with van der Waals surface area (Å²) in [6.45, 7) is 2.77. The van der Waals surface area contributed by atoms with Gasteiger partial charge in [0, 0.05) is 12.7 Å². The molecule has 0 spiro atoms. The van der Waals surface area contributed by atoms with Gasteiger partial charge in [-0.3, -0.25) is 4.98 Å². The quantitative estimate of drug-likeness (QED) is 0.775. The number of amides is 2. The molecule has 0 radical (unpaired) electrons. The number of pyridine rings is 1. The van der Waals surface area contributed by atoms with Crippen molar-refractivity contribution in [3.63, 3.8) is 0 Å². The number of hydrogen-bond donors (Lipinski definition) is 3. The first-order chi connectivity index (χ1) is 8.98. The van der Waals surface area contributed by atoms with Crippen LogP contribution in [0.3, 0.4) is 0 Å². The first kappa shape index (κ1) is 13.3. The number of aromatic nitrogens is 1. The molecule has 0 bridgehead atoms. The van der Waals surface area contributed by atoms with Crippen molar-refractivity contribution in [2.45, 2.75) is 26.2 Å². The molecule has 0 atom stereocenters. The number of nitrogens with one attached hydrogen (secondary N) is 2. The van der Waals surface area contributed by atoms with Gasteiger partial charge in [0.05, 0.1) is 17.4 Å². The molecule has 1 aliphatic rings. The molecule has 6 nitrogen and oxygen atoms in total. The van der Waals surface area contributed by atoms with Gasteiger partial charge in [-0.25, -0.2) is 9.59 Å². The summed E-state index contributed by atoms with van der Waals surface area (Å²) in [5.41, 5.74) is 0.623. The number of carbonyl (C=O) groups excluding carboxylic acids is 1. The second-order valence-corrected chi connectivity index (χ2v) is 5.24. The molecule has 0 saturated heterocycles. The Hall–Kier alpha value is -2.11. The molecule has 0 unspecified atom stereocenters. The number of hydrogen-bond acceptors (Lipinski definition) is 3. The molecule has 1 heterocycles. The first-order valence-electron chi connectivity index (χ1n) is 6.22. The van der Waals surface area contributed by atoms with E-state index in [9.17, 15) is 9.59 Å². The summed E-state index contributed by atoms with van der Waals surface area (Å²) in [5, 5.41) is 14.2. The average molecular weight is 263 g/mol. The highest BCUT2D eigenvalue weighted by Gasteiger charge is 2.31. The Kier molecular flexibility index (Phi) is 3.69. The van der Waals surface area contributed by atoms with Crippen molar-refractivity contribution in [1.29, 1.82) is 0 Å². The lowest BCUT2D eigenvalue weighted by Gasteiger charge is -2.38. The van der Waals surface area contributed by atoms with E-state index in [0.717, 1.165) is 12.8 Å². The fourth-order valence-electron chi connectivity index (χ4n) is 2.05. The monoisotopic (exact) mass is 263 g/mol. The summed E-state index contributed by atoms with van der Waals surface area (Å²) < 4.78 is 0. The van der Waals surface area contributed by atoms with Crippen LogP contribution in [0.2, 0.25) is 0 Å². The first-order valence-corrected chi connectivity index (χ1v) is 6.22. The Morgan fingerprint density at radius 3 is 2.74 bits per heavy atom. The van der Waals surface area contributed by atoms with E-state index in [0.29, 0.717) is 12.2 Å². The predicted molar refractivity (Wildman–Crippen MR) is 70.2 cm³/mol. The van der Waals surface area contributed by atoms with Crippen LogP contribution in [-0.4, -0.2) is 28.6 Å². The normalized spacial score (nSPS) is 16.3. The molecular weight excluding hydrogens is 246 g/mol. The van der Waals surface area contributed by atoms with Gasteiger partial charge >= 0.3 is 12.0 Å². The molecule has 2 rings (SSSR count). The Balaban J connectivity index is 1.88. The van der Waals surface area contributed by atoms with Gasteiger partial charge in [-0.05, 0) is 24.3 Å². The van der Waals surface area contributed by atoms with Crippen LogP contribution in [0.5, 0.6) is 0 Å². The molecule has 19 heavy (non-hydrogen) atoms. The molecule has 1 saturated carbocycles. The van der Waals surface area contributed by atoms with Crippen molar-refractivity contribution in [1.82, 2.24) is 10.3 Å². The van der Waals surface area contributed by atoms with Crippen LogP contribution in [0, 0.1) is 5.41 Å². The van der Waals surface area contributed by atoms with Gasteiger partial charge in [0.15, 0.2) is 0 Å². The minimum Gasteiger partial charge on any atom is -0.478 e. The Morgan fingerprint density at radius 1 is 1.42 bits per heavy atom. The third-order valence-electron chi connectivity index (χ3n) is 3.48. The van der Waals surface area contributed by atoms with E-state index in [1.807, 2.05) is 0 Å². The molecule has 3 N–H and O–H groups in total. The third kappa shape index (κ3) is 3.43. The summed E-state index contributed by atoms with van der Waals surface area (Å²) in [6.07, 6.45) is 6.12. The van der Waals surface area contributed by atoms with Crippen molar-refractivity contribution < 1.29 is 14.7 Å². The van der Waals surface area contributed by atoms with E-state index in [1.54, 1.807) is 0 Å². The maximum absolute atomic E-state index is 11.7. The van der Waals surface area contributed by atoms with Crippen molar-refractivity contribution in [3.05, 3.63) is 24.0 Å². The summed E-state index contributed by atoms with van der Waals surface area (Å²) >= 11 is 0. The number of carboxylic acids is 1. The highest BCUT2D eigenvalue weighted by atomic mass is 16.4. The van der Waals surface area contributed by atoms with Crippen LogP contribution >= 0.6 is 0 Å². The predicted octanol–water partition coefficient (Wildman–Crippen LogP) is 2.09. The van der Waals surface area contributed by atoms with Crippen molar-refractivity contribution in [3.8, 4) is 0 Å². The van der Waals surface area contributed by atoms with E-state index >= 15 is 0 Å². The average Bonchev–Trinajstić information content (AvgIpc) is 2.34. The molecule has 1 aromatic heterocycles. The minimum absolute atomic E-state index is 0.0451. The molecule has 0 aromatic carbocycles. The SMILES string of the molecule is CC1(CNC(=O)Nc2cncc(C(=O)O)c2)CCC1. The van der Waals surface area contributed by atoms with Gasteiger partial charge in [0.2, 0.25) is 0 Å². The zero-order valence-electron chi connectivity index (χ0n) is 10.8. The van der Waals surface area contributed by atoms with Crippen LogP contribution in [-0.2, 0) is 0 Å². The van der Waals surface area contributed by atoms with Crippen LogP contribution in [0.1, 0.15) is 36.5 Å². The van der Waals surface area contributed by atoms with E-state index in [-0.39, 0.29) is 17.0 Å². The number of rotatable bonds is 4. The Labute approximate surface area is 111 Å². The van der Waals surface area contributed by atoms with Crippen molar-refractivity contribution >= 4 is 17.7 Å². The number of aromatic carboxylic acids is 1. The second-order valence-electron chi connectivity index (χ2n) is 5.24. The zero-order chi connectivity index (χ0) is 13.9. The second kappa shape index (κ2) is 5.26. The number of carboxylic acid groups (broad SMARTS) is 1. The van der Waals surface area contributed by atoms with E-state index in [4.69, 9.17) is 5.11 Å². The van der Waals surface area contributed by atoms with E-state index in [1.165, 1.54) is 24.9 Å². The van der Waals surface area contributed by atoms with Crippen LogP contribution in [0.4, 0.5) is 10.5 Å². The molecule has 6 heteroatoms. The highest BCUT2D eigenvalue weighted by Crippen LogP contribution is 2.39. The van der Waals surface area contributed by atoms with Gasteiger partial charge in [-0.2, -0.15) is 0 Å². The van der Waals surface area contributed by atoms with Crippen molar-refractivity contribution in [2.75, 3.05) is 11.9 Å². The lowest BCUT2D eigenvalue weighted by atomic mass is 9.70. The van der Waals surface area contributed by atoms with Gasteiger partial charge in [-0.15, -0.1) is 0 Å². The van der Waals surface area contributed by atoms with Gasteiger partial charge in [0.25, 0.3) is 0 Å². The van der Waals surface area contributed by atoms with Crippen LogP contribution < -0.4 is 10.6 Å². The highest BCUT2D eigenvalue weighted by molar-refractivity contribution is 5.92. The zero-order valence-corrected chi connectivity index (χ0v) is 10.8. The minimum atomic E-state index is -1.07. The molecule has 2 amide bonds. The summed E-state index contributed by atoms with van der Waals surface area (Å²) in [5.74, 6) is -1.07. The Morgan fingerprint density at radius 2 is 2.16 bits per heavy atom. The maximum Gasteiger partial charge on any atom is 0.337 e. The lowest BCUT2D eigenvalue weighted by molar-refractivity contribution is 0.0696. The van der Waals surface area contributed by atoms with Crippen LogP contribution in [0.25, 0.3) is 0 Å². The largest absolute Gasteiger partial charge is 0.478 e. The summed E-state index contributed by atoms with van der Waals surface area (Å²) in [7, 11) is 0. The van der Waals surface area contributed by atoms with Gasteiger partial charge in [-0.1, -0.05) is 13.3 Å². The van der Waals surface area contributed by atoms with E-state index < -0.39 is 5.97 Å². The molecule has 0 aliphatic heterocycles. The number of urea groups is 1. The van der Waals surface area contributed by atoms with Gasteiger partial charge < -0.3 is 15.7 Å². The molecule has 1 aliphatic carbocycles. The van der Waals surface area contributed by atoms with Crippen molar-refractivity contribution in [2.24, 2.45) is 5.41 Å². The maximum atomic E-state index is 11.7.